The predicted molar refractivity (Wildman–Crippen MR) is 69.6 cm³/mol. The Morgan fingerprint density at radius 2 is 2.33 bits per heavy atom. The van der Waals surface area contributed by atoms with Gasteiger partial charge in [0.25, 0.3) is 5.56 Å². The summed E-state index contributed by atoms with van der Waals surface area (Å²) in [7, 11) is 0. The molecule has 0 aromatic carbocycles. The summed E-state index contributed by atoms with van der Waals surface area (Å²) in [6.45, 7) is 0.735. The smallest absolute Gasteiger partial charge is 0.278 e. The van der Waals surface area contributed by atoms with Crippen LogP contribution in [0.25, 0.3) is 11.2 Å². The molecule has 6 heteroatoms. The summed E-state index contributed by atoms with van der Waals surface area (Å²) in [6.07, 6.45) is 8.54. The van der Waals surface area contributed by atoms with E-state index in [1.807, 2.05) is 0 Å². The quantitative estimate of drug-likeness (QED) is 0.716. The van der Waals surface area contributed by atoms with Crippen LogP contribution in [-0.4, -0.2) is 26.5 Å². The Kier molecular flexibility index (Phi) is 2.84. The van der Waals surface area contributed by atoms with Crippen molar-refractivity contribution in [1.82, 2.24) is 19.9 Å². The highest BCUT2D eigenvalue weighted by Crippen LogP contribution is 2.17. The van der Waals surface area contributed by atoms with Gasteiger partial charge in [0, 0.05) is 6.54 Å². The highest BCUT2D eigenvalue weighted by molar-refractivity contribution is 5.69. The van der Waals surface area contributed by atoms with Gasteiger partial charge in [-0.3, -0.25) is 9.78 Å². The number of anilines is 1. The number of aromatic nitrogens is 4. The first kappa shape index (κ1) is 11.0. The van der Waals surface area contributed by atoms with Crippen molar-refractivity contribution in [3.05, 3.63) is 28.3 Å². The first-order chi connectivity index (χ1) is 8.83. The summed E-state index contributed by atoms with van der Waals surface area (Å²) in [5, 5.41) is 3.15. The molecule has 94 valence electrons. The average molecular weight is 245 g/mol. The lowest BCUT2D eigenvalue weighted by atomic mass is 10.00. The van der Waals surface area contributed by atoms with Crippen molar-refractivity contribution >= 4 is 17.1 Å². The van der Waals surface area contributed by atoms with Crippen LogP contribution in [0, 0.1) is 0 Å². The number of nitrogens with one attached hydrogen (secondary N) is 3. The number of hydrogen-bond acceptors (Lipinski definition) is 4. The minimum Gasteiger partial charge on any atom is -0.352 e. The summed E-state index contributed by atoms with van der Waals surface area (Å²) in [4.78, 5) is 25.4. The van der Waals surface area contributed by atoms with E-state index in [-0.39, 0.29) is 5.56 Å². The Labute approximate surface area is 104 Å². The molecule has 0 aliphatic heterocycles. The fourth-order valence-corrected chi connectivity index (χ4v) is 2.19. The third kappa shape index (κ3) is 2.13. The zero-order chi connectivity index (χ0) is 12.4. The van der Waals surface area contributed by atoms with Gasteiger partial charge in [-0.2, -0.15) is 4.98 Å². The summed E-state index contributed by atoms with van der Waals surface area (Å²) >= 11 is 0. The van der Waals surface area contributed by atoms with Crippen molar-refractivity contribution in [3.63, 3.8) is 0 Å². The molecule has 2 aromatic rings. The van der Waals surface area contributed by atoms with Gasteiger partial charge in [0.1, 0.15) is 0 Å². The first-order valence-electron chi connectivity index (χ1n) is 6.18. The molecule has 0 bridgehead atoms. The van der Waals surface area contributed by atoms with Crippen LogP contribution in [0.5, 0.6) is 0 Å². The number of allylic oxidation sites excluding steroid dienone is 1. The second kappa shape index (κ2) is 4.64. The van der Waals surface area contributed by atoms with Gasteiger partial charge in [-0.1, -0.05) is 11.6 Å². The van der Waals surface area contributed by atoms with Crippen molar-refractivity contribution in [2.75, 3.05) is 11.9 Å². The Hall–Kier alpha value is -2.11. The molecular formula is C12H15N5O. The number of H-pyrrole nitrogens is 2. The van der Waals surface area contributed by atoms with E-state index in [9.17, 15) is 4.79 Å². The van der Waals surface area contributed by atoms with Gasteiger partial charge in [0.15, 0.2) is 11.2 Å². The van der Waals surface area contributed by atoms with Crippen LogP contribution in [-0.2, 0) is 0 Å². The predicted octanol–water partition coefficient (Wildman–Crippen LogP) is 1.56. The van der Waals surface area contributed by atoms with E-state index in [4.69, 9.17) is 0 Å². The molecular weight excluding hydrogens is 230 g/mol. The Bertz CT molecular complexity index is 639. The van der Waals surface area contributed by atoms with Crippen LogP contribution in [0.3, 0.4) is 0 Å². The highest BCUT2D eigenvalue weighted by atomic mass is 16.1. The van der Waals surface area contributed by atoms with Crippen LogP contribution in [0.15, 0.2) is 22.8 Å². The summed E-state index contributed by atoms with van der Waals surface area (Å²) in [5.41, 5.74) is 2.04. The number of rotatable bonds is 3. The molecule has 0 radical (unpaired) electrons. The van der Waals surface area contributed by atoms with Crippen LogP contribution < -0.4 is 10.9 Å². The molecule has 0 atom stereocenters. The molecule has 2 aromatic heterocycles. The lowest BCUT2D eigenvalue weighted by molar-refractivity contribution is 0.694. The number of hydrogen-bond donors (Lipinski definition) is 3. The van der Waals surface area contributed by atoms with E-state index in [0.29, 0.717) is 17.1 Å². The molecule has 2 heterocycles. The molecule has 0 fully saturated rings. The third-order valence-electron chi connectivity index (χ3n) is 3.16. The molecule has 0 saturated carbocycles. The highest BCUT2D eigenvalue weighted by Gasteiger charge is 2.07. The van der Waals surface area contributed by atoms with Gasteiger partial charge in [-0.15, -0.1) is 0 Å². The molecule has 0 saturated heterocycles. The molecule has 1 aliphatic rings. The van der Waals surface area contributed by atoms with E-state index < -0.39 is 0 Å². The first-order valence-corrected chi connectivity index (χ1v) is 6.18. The summed E-state index contributed by atoms with van der Waals surface area (Å²) in [6, 6.07) is 0. The van der Waals surface area contributed by atoms with Crippen LogP contribution in [0.4, 0.5) is 5.95 Å². The van der Waals surface area contributed by atoms with E-state index in [0.717, 1.165) is 19.4 Å². The molecule has 3 N–H and O–H groups in total. The van der Waals surface area contributed by atoms with Gasteiger partial charge < -0.3 is 10.3 Å². The number of aromatic amines is 2. The lowest BCUT2D eigenvalue weighted by Crippen LogP contribution is -2.15. The van der Waals surface area contributed by atoms with Crippen molar-refractivity contribution in [3.8, 4) is 0 Å². The van der Waals surface area contributed by atoms with Crippen molar-refractivity contribution in [1.29, 1.82) is 0 Å². The zero-order valence-electron chi connectivity index (χ0n) is 9.99. The Balaban J connectivity index is 1.78. The summed E-state index contributed by atoms with van der Waals surface area (Å²) < 4.78 is 0. The fraction of sp³-hybridized carbons (Fsp3) is 0.417. The molecule has 0 spiro atoms. The maximum atomic E-state index is 11.7. The van der Waals surface area contributed by atoms with Crippen molar-refractivity contribution < 1.29 is 0 Å². The van der Waals surface area contributed by atoms with E-state index in [1.54, 1.807) is 0 Å². The maximum absolute atomic E-state index is 11.7. The van der Waals surface area contributed by atoms with Gasteiger partial charge in [-0.25, -0.2) is 4.98 Å². The Morgan fingerprint density at radius 1 is 1.39 bits per heavy atom. The minimum absolute atomic E-state index is 0.197. The van der Waals surface area contributed by atoms with Crippen LogP contribution >= 0.6 is 0 Å². The van der Waals surface area contributed by atoms with Gasteiger partial charge >= 0.3 is 0 Å². The zero-order valence-corrected chi connectivity index (χ0v) is 9.99. The molecule has 3 rings (SSSR count). The third-order valence-corrected chi connectivity index (χ3v) is 3.16. The molecule has 6 nitrogen and oxygen atoms in total. The van der Waals surface area contributed by atoms with Gasteiger partial charge in [0.2, 0.25) is 5.95 Å². The SMILES string of the molecule is O=c1[nH]c(NCC2=CCCCC2)nc2nc[nH]c12. The van der Waals surface area contributed by atoms with Crippen LogP contribution in [0.2, 0.25) is 0 Å². The van der Waals surface area contributed by atoms with Crippen molar-refractivity contribution in [2.45, 2.75) is 25.7 Å². The molecule has 18 heavy (non-hydrogen) atoms. The summed E-state index contributed by atoms with van der Waals surface area (Å²) in [5.74, 6) is 0.478. The molecule has 0 unspecified atom stereocenters. The monoisotopic (exact) mass is 245 g/mol. The number of nitrogens with zero attached hydrogens (tertiary/aromatic N) is 2. The van der Waals surface area contributed by atoms with E-state index in [2.05, 4.69) is 31.3 Å². The largest absolute Gasteiger partial charge is 0.352 e. The number of imidazole rings is 1. The van der Waals surface area contributed by atoms with Crippen LogP contribution in [0.1, 0.15) is 25.7 Å². The molecule has 0 amide bonds. The minimum atomic E-state index is -0.197. The number of fused-ring (bicyclic) bond motifs is 1. The normalized spacial score (nSPS) is 15.7. The van der Waals surface area contributed by atoms with Crippen molar-refractivity contribution in [2.24, 2.45) is 0 Å². The van der Waals surface area contributed by atoms with E-state index >= 15 is 0 Å². The van der Waals surface area contributed by atoms with E-state index in [1.165, 1.54) is 24.7 Å². The topological polar surface area (TPSA) is 86.5 Å². The second-order valence-corrected chi connectivity index (χ2v) is 4.48. The average Bonchev–Trinajstić information content (AvgIpc) is 2.86. The molecule has 1 aliphatic carbocycles. The van der Waals surface area contributed by atoms with Gasteiger partial charge in [0.05, 0.1) is 6.33 Å². The fourth-order valence-electron chi connectivity index (χ4n) is 2.19. The maximum Gasteiger partial charge on any atom is 0.278 e. The lowest BCUT2D eigenvalue weighted by Gasteiger charge is -2.13. The standard InChI is InChI=1S/C12H15N5O/c18-11-9-10(15-7-14-9)16-12(17-11)13-6-8-4-2-1-3-5-8/h4,7H,1-3,5-6H2,(H3,13,14,15,16,17,18). The second-order valence-electron chi connectivity index (χ2n) is 4.48. The van der Waals surface area contributed by atoms with Gasteiger partial charge in [-0.05, 0) is 25.7 Å². The Morgan fingerprint density at radius 3 is 3.17 bits per heavy atom.